The molecule has 82 valence electrons. The molecule has 16 heavy (non-hydrogen) atoms. The number of para-hydroxylation sites is 1. The number of nitrogens with one attached hydrogen (secondary N) is 1. The predicted molar refractivity (Wildman–Crippen MR) is 63.8 cm³/mol. The van der Waals surface area contributed by atoms with Crippen molar-refractivity contribution in [1.82, 2.24) is 9.97 Å². The van der Waals surface area contributed by atoms with E-state index in [1.807, 2.05) is 0 Å². The Labute approximate surface area is 99.9 Å². The molecule has 0 unspecified atom stereocenters. The van der Waals surface area contributed by atoms with Gasteiger partial charge in [0.25, 0.3) is 0 Å². The lowest BCUT2D eigenvalue weighted by atomic mass is 10.3. The minimum absolute atomic E-state index is 0.247. The van der Waals surface area contributed by atoms with E-state index in [1.54, 1.807) is 24.3 Å². The SMILES string of the molecule is Nc1cc(Br)nc(Nc2ccccc2F)n1. The molecule has 0 radical (unpaired) electrons. The second kappa shape index (κ2) is 4.44. The van der Waals surface area contributed by atoms with Crippen LogP contribution in [0.15, 0.2) is 34.9 Å². The zero-order valence-corrected chi connectivity index (χ0v) is 9.70. The first-order valence-corrected chi connectivity index (χ1v) is 5.26. The fourth-order valence-electron chi connectivity index (χ4n) is 1.17. The molecule has 2 aromatic rings. The average Bonchev–Trinajstić information content (AvgIpc) is 2.20. The molecule has 0 fully saturated rings. The van der Waals surface area contributed by atoms with Crippen LogP contribution in [0.5, 0.6) is 0 Å². The van der Waals surface area contributed by atoms with Gasteiger partial charge in [0.2, 0.25) is 5.95 Å². The van der Waals surface area contributed by atoms with Crippen molar-refractivity contribution < 1.29 is 4.39 Å². The summed E-state index contributed by atoms with van der Waals surface area (Å²) in [6.07, 6.45) is 0. The fourth-order valence-corrected chi connectivity index (χ4v) is 1.58. The Balaban J connectivity index is 2.30. The number of anilines is 3. The molecule has 0 aliphatic carbocycles. The lowest BCUT2D eigenvalue weighted by Gasteiger charge is -2.06. The summed E-state index contributed by atoms with van der Waals surface area (Å²) in [4.78, 5) is 7.95. The number of hydrogen-bond donors (Lipinski definition) is 2. The topological polar surface area (TPSA) is 63.8 Å². The Morgan fingerprint density at radius 1 is 1.25 bits per heavy atom. The largest absolute Gasteiger partial charge is 0.383 e. The van der Waals surface area contributed by atoms with Crippen LogP contribution in [0.4, 0.5) is 21.8 Å². The standard InChI is InChI=1S/C10H8BrFN4/c11-8-5-9(13)16-10(15-8)14-7-4-2-1-3-6(7)12/h1-5H,(H3,13,14,15,16). The number of benzene rings is 1. The van der Waals surface area contributed by atoms with Gasteiger partial charge in [-0.15, -0.1) is 0 Å². The molecule has 6 heteroatoms. The Morgan fingerprint density at radius 3 is 2.69 bits per heavy atom. The van der Waals surface area contributed by atoms with Crippen LogP contribution in [0.25, 0.3) is 0 Å². The zero-order chi connectivity index (χ0) is 11.5. The highest BCUT2D eigenvalue weighted by Gasteiger charge is 2.04. The van der Waals surface area contributed by atoms with Gasteiger partial charge < -0.3 is 11.1 Å². The second-order valence-corrected chi connectivity index (χ2v) is 3.86. The van der Waals surface area contributed by atoms with Gasteiger partial charge in [-0.3, -0.25) is 0 Å². The van der Waals surface area contributed by atoms with Gasteiger partial charge in [-0.05, 0) is 28.1 Å². The second-order valence-electron chi connectivity index (χ2n) is 3.04. The Morgan fingerprint density at radius 2 is 2.00 bits per heavy atom. The maximum atomic E-state index is 13.3. The first kappa shape index (κ1) is 10.8. The molecule has 1 heterocycles. The summed E-state index contributed by atoms with van der Waals surface area (Å²) in [7, 11) is 0. The van der Waals surface area contributed by atoms with Crippen LogP contribution < -0.4 is 11.1 Å². The zero-order valence-electron chi connectivity index (χ0n) is 8.11. The molecule has 0 aliphatic heterocycles. The molecule has 0 saturated heterocycles. The van der Waals surface area contributed by atoms with Crippen LogP contribution in [-0.4, -0.2) is 9.97 Å². The van der Waals surface area contributed by atoms with Crippen molar-refractivity contribution in [2.24, 2.45) is 0 Å². The fraction of sp³-hybridized carbons (Fsp3) is 0. The highest BCUT2D eigenvalue weighted by molar-refractivity contribution is 9.10. The molecule has 1 aromatic carbocycles. The third kappa shape index (κ3) is 2.46. The van der Waals surface area contributed by atoms with Gasteiger partial charge in [0, 0.05) is 6.07 Å². The van der Waals surface area contributed by atoms with Crippen molar-refractivity contribution >= 4 is 33.4 Å². The van der Waals surface area contributed by atoms with Gasteiger partial charge in [-0.1, -0.05) is 12.1 Å². The molecular weight excluding hydrogens is 275 g/mol. The molecular formula is C10H8BrFN4. The van der Waals surface area contributed by atoms with E-state index in [0.29, 0.717) is 16.1 Å². The van der Waals surface area contributed by atoms with E-state index in [0.717, 1.165) is 0 Å². The highest BCUT2D eigenvalue weighted by Crippen LogP contribution is 2.19. The van der Waals surface area contributed by atoms with Crippen molar-refractivity contribution in [3.8, 4) is 0 Å². The monoisotopic (exact) mass is 282 g/mol. The van der Waals surface area contributed by atoms with E-state index in [4.69, 9.17) is 5.73 Å². The molecule has 1 aromatic heterocycles. The van der Waals surface area contributed by atoms with Gasteiger partial charge in [-0.2, -0.15) is 4.98 Å². The normalized spacial score (nSPS) is 10.1. The molecule has 3 N–H and O–H groups in total. The van der Waals surface area contributed by atoms with E-state index in [9.17, 15) is 4.39 Å². The first-order valence-electron chi connectivity index (χ1n) is 4.47. The minimum atomic E-state index is -0.371. The van der Waals surface area contributed by atoms with E-state index in [2.05, 4.69) is 31.2 Å². The molecule has 0 bridgehead atoms. The van der Waals surface area contributed by atoms with Crippen LogP contribution in [0.1, 0.15) is 0 Å². The van der Waals surface area contributed by atoms with E-state index < -0.39 is 0 Å². The highest BCUT2D eigenvalue weighted by atomic mass is 79.9. The molecule has 0 aliphatic rings. The van der Waals surface area contributed by atoms with Crippen molar-refractivity contribution in [3.05, 3.63) is 40.8 Å². The molecule has 4 nitrogen and oxygen atoms in total. The third-order valence-electron chi connectivity index (χ3n) is 1.84. The van der Waals surface area contributed by atoms with Gasteiger partial charge in [0.15, 0.2) is 0 Å². The molecule has 0 spiro atoms. The van der Waals surface area contributed by atoms with Gasteiger partial charge in [-0.25, -0.2) is 9.37 Å². The summed E-state index contributed by atoms with van der Waals surface area (Å²) in [5.41, 5.74) is 5.84. The van der Waals surface area contributed by atoms with Crippen LogP contribution >= 0.6 is 15.9 Å². The first-order chi connectivity index (χ1) is 7.65. The summed E-state index contributed by atoms with van der Waals surface area (Å²) in [5.74, 6) is 0.183. The molecule has 0 atom stereocenters. The average molecular weight is 283 g/mol. The Hall–Kier alpha value is -1.69. The number of rotatable bonds is 2. The summed E-state index contributed by atoms with van der Waals surface area (Å²) >= 11 is 3.18. The number of aromatic nitrogens is 2. The maximum absolute atomic E-state index is 13.3. The van der Waals surface area contributed by atoms with Crippen LogP contribution in [-0.2, 0) is 0 Å². The van der Waals surface area contributed by atoms with E-state index in [1.165, 1.54) is 6.07 Å². The maximum Gasteiger partial charge on any atom is 0.230 e. The van der Waals surface area contributed by atoms with Gasteiger partial charge in [0.05, 0.1) is 5.69 Å². The predicted octanol–water partition coefficient (Wildman–Crippen LogP) is 2.70. The van der Waals surface area contributed by atoms with Crippen molar-refractivity contribution in [1.29, 1.82) is 0 Å². The van der Waals surface area contributed by atoms with E-state index >= 15 is 0 Å². The van der Waals surface area contributed by atoms with Crippen molar-refractivity contribution in [2.45, 2.75) is 0 Å². The van der Waals surface area contributed by atoms with Gasteiger partial charge >= 0.3 is 0 Å². The number of halogens is 2. The number of nitrogen functional groups attached to an aromatic ring is 1. The molecule has 0 amide bonds. The van der Waals surface area contributed by atoms with Crippen LogP contribution in [0, 0.1) is 5.82 Å². The lowest BCUT2D eigenvalue weighted by molar-refractivity contribution is 0.631. The summed E-state index contributed by atoms with van der Waals surface area (Å²) in [6, 6.07) is 7.83. The summed E-state index contributed by atoms with van der Waals surface area (Å²) in [6.45, 7) is 0. The van der Waals surface area contributed by atoms with Gasteiger partial charge in [0.1, 0.15) is 16.2 Å². The number of nitrogens with zero attached hydrogens (tertiary/aromatic N) is 2. The van der Waals surface area contributed by atoms with Crippen molar-refractivity contribution in [3.63, 3.8) is 0 Å². The number of nitrogens with two attached hydrogens (primary N) is 1. The molecule has 2 rings (SSSR count). The van der Waals surface area contributed by atoms with Crippen LogP contribution in [0.2, 0.25) is 0 Å². The Kier molecular flexibility index (Phi) is 3.00. The minimum Gasteiger partial charge on any atom is -0.383 e. The number of hydrogen-bond acceptors (Lipinski definition) is 4. The lowest BCUT2D eigenvalue weighted by Crippen LogP contribution is -2.01. The molecule has 0 saturated carbocycles. The summed E-state index contributed by atoms with van der Waals surface area (Å²) in [5, 5.41) is 2.75. The third-order valence-corrected chi connectivity index (χ3v) is 2.24. The van der Waals surface area contributed by atoms with Crippen molar-refractivity contribution in [2.75, 3.05) is 11.1 Å². The summed E-state index contributed by atoms with van der Waals surface area (Å²) < 4.78 is 13.9. The quantitative estimate of drug-likeness (QED) is 0.832. The smallest absolute Gasteiger partial charge is 0.230 e. The Bertz CT molecular complexity index is 498. The van der Waals surface area contributed by atoms with Crippen LogP contribution in [0.3, 0.4) is 0 Å². The van der Waals surface area contributed by atoms with E-state index in [-0.39, 0.29) is 11.8 Å².